The quantitative estimate of drug-likeness (QED) is 0.670. The first-order valence-electron chi connectivity index (χ1n) is 4.95. The predicted octanol–water partition coefficient (Wildman–Crippen LogP) is 0.218. The molecule has 0 bridgehead atoms. The molecule has 0 atom stereocenters. The van der Waals surface area contributed by atoms with E-state index in [0.29, 0.717) is 12.0 Å². The summed E-state index contributed by atoms with van der Waals surface area (Å²) in [6.07, 6.45) is 2.18. The molecule has 2 rings (SSSR count). The van der Waals surface area contributed by atoms with Crippen molar-refractivity contribution < 1.29 is 4.79 Å². The normalized spacial score (nSPS) is 25.2. The average Bonchev–Trinajstić information content (AvgIpc) is 2.02. The van der Waals surface area contributed by atoms with E-state index in [4.69, 9.17) is 0 Å². The van der Waals surface area contributed by atoms with Gasteiger partial charge in [-0.3, -0.25) is 4.79 Å². The van der Waals surface area contributed by atoms with Crippen LogP contribution in [0.25, 0.3) is 0 Å². The Bertz CT molecular complexity index is 188. The molecule has 2 aliphatic rings. The molecule has 0 aromatic carbocycles. The first kappa shape index (κ1) is 9.34. The molecule has 0 radical (unpaired) electrons. The minimum atomic E-state index is 0.283. The molecule has 0 spiro atoms. The molecular formula is C9H16N2OS. The van der Waals surface area contributed by atoms with Gasteiger partial charge in [0.1, 0.15) is 0 Å². The van der Waals surface area contributed by atoms with Gasteiger partial charge >= 0.3 is 0 Å². The molecule has 2 saturated heterocycles. The van der Waals surface area contributed by atoms with E-state index >= 15 is 0 Å². The highest BCUT2D eigenvalue weighted by molar-refractivity contribution is 8.00. The summed E-state index contributed by atoms with van der Waals surface area (Å²) >= 11 is 1.86. The van der Waals surface area contributed by atoms with Gasteiger partial charge in [-0.15, -0.1) is 0 Å². The fourth-order valence-electron chi connectivity index (χ4n) is 1.67. The van der Waals surface area contributed by atoms with Crippen LogP contribution in [0, 0.1) is 5.92 Å². The Balaban J connectivity index is 1.72. The third-order valence-electron chi connectivity index (χ3n) is 2.69. The maximum Gasteiger partial charge on any atom is 0.224 e. The van der Waals surface area contributed by atoms with E-state index < -0.39 is 0 Å². The van der Waals surface area contributed by atoms with E-state index in [2.05, 4.69) is 10.6 Å². The Kier molecular flexibility index (Phi) is 3.11. The number of carbonyl (C=O) groups is 1. The van der Waals surface area contributed by atoms with Crippen molar-refractivity contribution in [3.8, 4) is 0 Å². The summed E-state index contributed by atoms with van der Waals surface area (Å²) in [6, 6.07) is 0.430. The highest BCUT2D eigenvalue weighted by Gasteiger charge is 2.27. The molecule has 4 heteroatoms. The zero-order chi connectivity index (χ0) is 9.10. The molecule has 2 N–H and O–H groups in total. The van der Waals surface area contributed by atoms with Crippen LogP contribution in [-0.4, -0.2) is 36.5 Å². The van der Waals surface area contributed by atoms with E-state index in [1.54, 1.807) is 0 Å². The van der Waals surface area contributed by atoms with Crippen molar-refractivity contribution in [2.75, 3.05) is 24.6 Å². The van der Waals surface area contributed by atoms with E-state index in [1.807, 2.05) is 11.8 Å². The van der Waals surface area contributed by atoms with Gasteiger partial charge in [0.2, 0.25) is 5.91 Å². The lowest BCUT2D eigenvalue weighted by Gasteiger charge is -2.29. The molecule has 0 aromatic rings. The molecule has 0 aromatic heterocycles. The molecule has 13 heavy (non-hydrogen) atoms. The molecule has 0 saturated carbocycles. The highest BCUT2D eigenvalue weighted by atomic mass is 32.2. The number of amides is 1. The number of rotatable bonds is 2. The minimum Gasteiger partial charge on any atom is -0.353 e. The van der Waals surface area contributed by atoms with Crippen molar-refractivity contribution in [3.05, 3.63) is 0 Å². The van der Waals surface area contributed by atoms with Gasteiger partial charge in [0.05, 0.1) is 5.92 Å². The van der Waals surface area contributed by atoms with E-state index in [1.165, 1.54) is 0 Å². The van der Waals surface area contributed by atoms with Crippen LogP contribution >= 0.6 is 11.8 Å². The Morgan fingerprint density at radius 3 is 2.54 bits per heavy atom. The Hall–Kier alpha value is -0.220. The van der Waals surface area contributed by atoms with Gasteiger partial charge in [-0.25, -0.2) is 0 Å². The van der Waals surface area contributed by atoms with Crippen molar-refractivity contribution in [3.63, 3.8) is 0 Å². The monoisotopic (exact) mass is 200 g/mol. The van der Waals surface area contributed by atoms with Gasteiger partial charge in [-0.05, 0) is 25.9 Å². The fourth-order valence-corrected chi connectivity index (χ4v) is 2.45. The van der Waals surface area contributed by atoms with Gasteiger partial charge in [-0.1, -0.05) is 0 Å². The molecule has 2 heterocycles. The standard InChI is InChI=1S/C9H16N2OS/c12-9(7-5-13-6-7)11-8-1-3-10-4-2-8/h7-8,10H,1-6H2,(H,11,12). The summed E-state index contributed by atoms with van der Waals surface area (Å²) in [4.78, 5) is 11.5. The molecule has 2 fully saturated rings. The van der Waals surface area contributed by atoms with E-state index in [9.17, 15) is 4.79 Å². The van der Waals surface area contributed by atoms with E-state index in [-0.39, 0.29) is 5.91 Å². The van der Waals surface area contributed by atoms with Gasteiger partial charge in [0.15, 0.2) is 0 Å². The Morgan fingerprint density at radius 2 is 2.00 bits per heavy atom. The van der Waals surface area contributed by atoms with Crippen LogP contribution in [0.15, 0.2) is 0 Å². The molecular weight excluding hydrogens is 184 g/mol. The largest absolute Gasteiger partial charge is 0.353 e. The SMILES string of the molecule is O=C(NC1CCNCC1)C1CSC1. The van der Waals surface area contributed by atoms with Crippen molar-refractivity contribution in [2.45, 2.75) is 18.9 Å². The van der Waals surface area contributed by atoms with Crippen LogP contribution in [0.2, 0.25) is 0 Å². The second-order valence-corrected chi connectivity index (χ2v) is 4.84. The molecule has 1 amide bonds. The zero-order valence-electron chi connectivity index (χ0n) is 7.71. The van der Waals surface area contributed by atoms with Crippen molar-refractivity contribution in [1.29, 1.82) is 0 Å². The summed E-state index contributed by atoms with van der Waals surface area (Å²) in [5.74, 6) is 2.64. The van der Waals surface area contributed by atoms with Gasteiger partial charge in [-0.2, -0.15) is 11.8 Å². The topological polar surface area (TPSA) is 41.1 Å². The second kappa shape index (κ2) is 4.33. The lowest BCUT2D eigenvalue weighted by Crippen LogP contribution is -2.47. The highest BCUT2D eigenvalue weighted by Crippen LogP contribution is 2.24. The molecule has 0 aliphatic carbocycles. The van der Waals surface area contributed by atoms with Crippen molar-refractivity contribution in [1.82, 2.24) is 10.6 Å². The second-order valence-electron chi connectivity index (χ2n) is 3.77. The Labute approximate surface area is 83.0 Å². The first-order chi connectivity index (χ1) is 6.36. The maximum atomic E-state index is 11.5. The number of thioether (sulfide) groups is 1. The van der Waals surface area contributed by atoms with Gasteiger partial charge in [0, 0.05) is 17.5 Å². The molecule has 3 nitrogen and oxygen atoms in total. The molecule has 0 unspecified atom stereocenters. The number of nitrogens with one attached hydrogen (secondary N) is 2. The van der Waals surface area contributed by atoms with Crippen LogP contribution in [-0.2, 0) is 4.79 Å². The number of hydrogen-bond acceptors (Lipinski definition) is 3. The summed E-state index contributed by atoms with van der Waals surface area (Å²) in [5.41, 5.74) is 0. The smallest absolute Gasteiger partial charge is 0.224 e. The summed E-state index contributed by atoms with van der Waals surface area (Å²) < 4.78 is 0. The van der Waals surface area contributed by atoms with Crippen molar-refractivity contribution >= 4 is 17.7 Å². The van der Waals surface area contributed by atoms with Crippen LogP contribution in [0.1, 0.15) is 12.8 Å². The van der Waals surface area contributed by atoms with Crippen LogP contribution in [0.4, 0.5) is 0 Å². The summed E-state index contributed by atoms with van der Waals surface area (Å²) in [5, 5.41) is 6.42. The third kappa shape index (κ3) is 2.38. The average molecular weight is 200 g/mol. The van der Waals surface area contributed by atoms with Gasteiger partial charge < -0.3 is 10.6 Å². The minimum absolute atomic E-state index is 0.283. The predicted molar refractivity (Wildman–Crippen MR) is 54.8 cm³/mol. The summed E-state index contributed by atoms with van der Waals surface area (Å²) in [6.45, 7) is 2.09. The van der Waals surface area contributed by atoms with E-state index in [0.717, 1.165) is 37.4 Å². The van der Waals surface area contributed by atoms with Crippen LogP contribution in [0.3, 0.4) is 0 Å². The summed E-state index contributed by atoms with van der Waals surface area (Å²) in [7, 11) is 0. The lowest BCUT2D eigenvalue weighted by molar-refractivity contribution is -0.124. The van der Waals surface area contributed by atoms with Crippen LogP contribution in [0.5, 0.6) is 0 Å². The zero-order valence-corrected chi connectivity index (χ0v) is 8.53. The third-order valence-corrected chi connectivity index (χ3v) is 3.97. The fraction of sp³-hybridized carbons (Fsp3) is 0.889. The van der Waals surface area contributed by atoms with Crippen molar-refractivity contribution in [2.24, 2.45) is 5.92 Å². The molecule has 74 valence electrons. The maximum absolute atomic E-state index is 11.5. The van der Waals surface area contributed by atoms with Crippen LogP contribution < -0.4 is 10.6 Å². The number of hydrogen-bond donors (Lipinski definition) is 2. The first-order valence-corrected chi connectivity index (χ1v) is 6.10. The number of carbonyl (C=O) groups excluding carboxylic acids is 1. The lowest BCUT2D eigenvalue weighted by atomic mass is 10.1. The molecule has 2 aliphatic heterocycles. The van der Waals surface area contributed by atoms with Gasteiger partial charge in [0.25, 0.3) is 0 Å². The number of piperidine rings is 1. The Morgan fingerprint density at radius 1 is 1.31 bits per heavy atom.